The van der Waals surface area contributed by atoms with Crippen molar-refractivity contribution in [3.05, 3.63) is 11.1 Å². The van der Waals surface area contributed by atoms with Gasteiger partial charge in [-0.1, -0.05) is 52.2 Å². The molecular weight excluding hydrogens is 272 g/mol. The normalized spacial score (nSPS) is 31.0. The highest BCUT2D eigenvalue weighted by Gasteiger charge is 2.56. The van der Waals surface area contributed by atoms with Crippen LogP contribution in [0.2, 0.25) is 0 Å². The first-order chi connectivity index (χ1) is 10.2. The second kappa shape index (κ2) is 6.37. The lowest BCUT2D eigenvalue weighted by Crippen LogP contribution is -2.37. The van der Waals surface area contributed by atoms with E-state index < -0.39 is 0 Å². The van der Waals surface area contributed by atoms with Crippen molar-refractivity contribution in [2.24, 2.45) is 35.0 Å². The van der Waals surface area contributed by atoms with Crippen LogP contribution in [0.1, 0.15) is 67.7 Å². The number of fused-ring (bicyclic) bond motifs is 2. The third-order valence-electron chi connectivity index (χ3n) is 6.01. The van der Waals surface area contributed by atoms with Gasteiger partial charge in [0, 0.05) is 0 Å². The van der Waals surface area contributed by atoms with Gasteiger partial charge in [-0.25, -0.2) is 0 Å². The fourth-order valence-corrected chi connectivity index (χ4v) is 4.74. The van der Waals surface area contributed by atoms with Crippen molar-refractivity contribution in [2.45, 2.75) is 67.7 Å². The predicted molar refractivity (Wildman–Crippen MR) is 91.4 cm³/mol. The molecule has 0 radical (unpaired) electrons. The molecule has 2 fully saturated rings. The number of hydrogen-bond acceptors (Lipinski definition) is 2. The fraction of sp³-hybridized carbons (Fsp3) is 0.850. The summed E-state index contributed by atoms with van der Waals surface area (Å²) in [5.41, 5.74) is 3.40. The Morgan fingerprint density at radius 1 is 1.27 bits per heavy atom. The maximum atomic E-state index is 12.5. The van der Waals surface area contributed by atoms with Crippen LogP contribution in [0.25, 0.3) is 0 Å². The van der Waals surface area contributed by atoms with Gasteiger partial charge in [-0.2, -0.15) is 0 Å². The standard InChI is InChI=1S/C20H34O2/c1-8-20(6,7)18-15-9-14(17(18)13(4)5)10-16(15)19(21)22-11-12(2)3/h12,14-16,18H,8-11H2,1-7H3. The number of carbonyl (C=O) groups excluding carboxylic acids is 1. The van der Waals surface area contributed by atoms with E-state index in [9.17, 15) is 4.79 Å². The zero-order valence-electron chi connectivity index (χ0n) is 15.5. The zero-order valence-corrected chi connectivity index (χ0v) is 15.5. The van der Waals surface area contributed by atoms with Gasteiger partial charge < -0.3 is 4.74 Å². The van der Waals surface area contributed by atoms with Gasteiger partial charge in [0.2, 0.25) is 0 Å². The van der Waals surface area contributed by atoms with Gasteiger partial charge in [0.1, 0.15) is 0 Å². The molecule has 2 saturated carbocycles. The summed E-state index contributed by atoms with van der Waals surface area (Å²) < 4.78 is 5.58. The van der Waals surface area contributed by atoms with E-state index in [0.717, 1.165) is 12.8 Å². The molecule has 0 aliphatic heterocycles. The molecule has 0 saturated heterocycles. The Morgan fingerprint density at radius 2 is 1.91 bits per heavy atom. The molecule has 2 rings (SSSR count). The van der Waals surface area contributed by atoms with Gasteiger partial charge in [0.25, 0.3) is 0 Å². The van der Waals surface area contributed by atoms with E-state index in [1.807, 2.05) is 0 Å². The topological polar surface area (TPSA) is 26.3 Å². The van der Waals surface area contributed by atoms with Crippen molar-refractivity contribution < 1.29 is 9.53 Å². The van der Waals surface area contributed by atoms with E-state index in [1.165, 1.54) is 12.0 Å². The number of allylic oxidation sites excluding steroid dienone is 2. The summed E-state index contributed by atoms with van der Waals surface area (Å²) in [6, 6.07) is 0. The Bertz CT molecular complexity index is 454. The monoisotopic (exact) mass is 306 g/mol. The molecule has 2 aliphatic carbocycles. The summed E-state index contributed by atoms with van der Waals surface area (Å²) >= 11 is 0. The lowest BCUT2D eigenvalue weighted by atomic mass is 9.63. The first kappa shape index (κ1) is 17.6. The SMILES string of the molecule is CCC(C)(C)C1C(=C(C)C)C2CC(C(=O)OCC(C)C)C1C2. The van der Waals surface area contributed by atoms with E-state index in [0.29, 0.717) is 30.3 Å². The average molecular weight is 306 g/mol. The summed E-state index contributed by atoms with van der Waals surface area (Å²) in [6.07, 6.45) is 3.36. The van der Waals surface area contributed by atoms with E-state index in [2.05, 4.69) is 48.5 Å². The molecule has 2 bridgehead atoms. The lowest BCUT2D eigenvalue weighted by Gasteiger charge is -2.41. The Hall–Kier alpha value is -0.790. The summed E-state index contributed by atoms with van der Waals surface area (Å²) in [5, 5.41) is 0. The van der Waals surface area contributed by atoms with Crippen LogP contribution in [0.3, 0.4) is 0 Å². The summed E-state index contributed by atoms with van der Waals surface area (Å²) in [5.74, 6) is 2.26. The smallest absolute Gasteiger partial charge is 0.309 e. The molecule has 0 spiro atoms. The first-order valence-corrected chi connectivity index (χ1v) is 9.02. The van der Waals surface area contributed by atoms with Gasteiger partial charge in [-0.05, 0) is 55.8 Å². The molecule has 0 aromatic rings. The summed E-state index contributed by atoms with van der Waals surface area (Å²) in [7, 11) is 0. The second-order valence-electron chi connectivity index (χ2n) is 8.74. The highest BCUT2D eigenvalue weighted by atomic mass is 16.5. The van der Waals surface area contributed by atoms with Gasteiger partial charge in [0.05, 0.1) is 12.5 Å². The van der Waals surface area contributed by atoms with E-state index >= 15 is 0 Å². The number of rotatable bonds is 5. The average Bonchev–Trinajstić information content (AvgIpc) is 3.02. The third-order valence-corrected chi connectivity index (χ3v) is 6.01. The summed E-state index contributed by atoms with van der Waals surface area (Å²) in [4.78, 5) is 12.5. The van der Waals surface area contributed by atoms with Crippen molar-refractivity contribution in [3.63, 3.8) is 0 Å². The van der Waals surface area contributed by atoms with Crippen molar-refractivity contribution in [3.8, 4) is 0 Å². The molecular formula is C20H34O2. The van der Waals surface area contributed by atoms with Gasteiger partial charge in [-0.15, -0.1) is 0 Å². The Balaban J connectivity index is 2.22. The number of hydrogen-bond donors (Lipinski definition) is 0. The highest BCUT2D eigenvalue weighted by molar-refractivity contribution is 5.74. The predicted octanol–water partition coefficient (Wildman–Crippen LogP) is 5.23. The number of esters is 1. The molecule has 4 atom stereocenters. The summed E-state index contributed by atoms with van der Waals surface area (Å²) in [6.45, 7) is 16.3. The highest BCUT2D eigenvalue weighted by Crippen LogP contribution is 2.61. The van der Waals surface area contributed by atoms with Gasteiger partial charge in [-0.3, -0.25) is 4.79 Å². The zero-order chi connectivity index (χ0) is 16.7. The molecule has 2 nitrogen and oxygen atoms in total. The molecule has 0 heterocycles. The van der Waals surface area contributed by atoms with E-state index in [-0.39, 0.29) is 17.3 Å². The molecule has 0 N–H and O–H groups in total. The molecule has 2 heteroatoms. The molecule has 0 aromatic heterocycles. The molecule has 126 valence electrons. The molecule has 0 amide bonds. The minimum atomic E-state index is 0.0610. The molecule has 2 aliphatic rings. The maximum Gasteiger partial charge on any atom is 0.309 e. The van der Waals surface area contributed by atoms with Crippen molar-refractivity contribution in [2.75, 3.05) is 6.61 Å². The van der Waals surface area contributed by atoms with Crippen molar-refractivity contribution >= 4 is 5.97 Å². The van der Waals surface area contributed by atoms with Crippen LogP contribution >= 0.6 is 0 Å². The molecule has 0 aromatic carbocycles. The van der Waals surface area contributed by atoms with Crippen LogP contribution < -0.4 is 0 Å². The second-order valence-corrected chi connectivity index (χ2v) is 8.74. The fourth-order valence-electron chi connectivity index (χ4n) is 4.74. The van der Waals surface area contributed by atoms with Crippen molar-refractivity contribution in [1.29, 1.82) is 0 Å². The van der Waals surface area contributed by atoms with Crippen LogP contribution in [0.5, 0.6) is 0 Å². The van der Waals surface area contributed by atoms with Crippen LogP contribution in [0.4, 0.5) is 0 Å². The Kier molecular flexibility index (Phi) is 5.09. The van der Waals surface area contributed by atoms with Gasteiger partial charge >= 0.3 is 5.97 Å². The largest absolute Gasteiger partial charge is 0.465 e. The van der Waals surface area contributed by atoms with Crippen LogP contribution in [0.15, 0.2) is 11.1 Å². The van der Waals surface area contributed by atoms with Crippen molar-refractivity contribution in [1.82, 2.24) is 0 Å². The third kappa shape index (κ3) is 3.12. The van der Waals surface area contributed by atoms with Crippen LogP contribution in [-0.2, 0) is 9.53 Å². The number of carbonyl (C=O) groups is 1. The maximum absolute atomic E-state index is 12.5. The van der Waals surface area contributed by atoms with E-state index in [1.54, 1.807) is 5.57 Å². The quantitative estimate of drug-likeness (QED) is 0.513. The number of ether oxygens (including phenoxy) is 1. The Labute approximate surface area is 136 Å². The molecule has 4 unspecified atom stereocenters. The Morgan fingerprint density at radius 3 is 2.41 bits per heavy atom. The minimum absolute atomic E-state index is 0.0610. The van der Waals surface area contributed by atoms with Crippen LogP contribution in [0, 0.1) is 35.0 Å². The van der Waals surface area contributed by atoms with Crippen LogP contribution in [-0.4, -0.2) is 12.6 Å². The van der Waals surface area contributed by atoms with Gasteiger partial charge in [0.15, 0.2) is 0 Å². The molecule has 22 heavy (non-hydrogen) atoms. The first-order valence-electron chi connectivity index (χ1n) is 9.02. The lowest BCUT2D eigenvalue weighted by molar-refractivity contribution is -0.152. The minimum Gasteiger partial charge on any atom is -0.465 e. The van der Waals surface area contributed by atoms with E-state index in [4.69, 9.17) is 4.74 Å².